The van der Waals surface area contributed by atoms with Crippen LogP contribution in [0.3, 0.4) is 0 Å². The predicted molar refractivity (Wildman–Crippen MR) is 48.1 cm³/mol. The highest BCUT2D eigenvalue weighted by molar-refractivity contribution is 5.26. The third-order valence-corrected chi connectivity index (χ3v) is 2.90. The van der Waals surface area contributed by atoms with Gasteiger partial charge in [-0.25, -0.2) is 0 Å². The van der Waals surface area contributed by atoms with Crippen LogP contribution in [-0.4, -0.2) is 21.9 Å². The van der Waals surface area contributed by atoms with Crippen molar-refractivity contribution in [1.82, 2.24) is 0 Å². The van der Waals surface area contributed by atoms with Gasteiger partial charge in [0, 0.05) is 0 Å². The molecule has 0 bridgehead atoms. The molecule has 1 heterocycles. The highest BCUT2D eigenvalue weighted by atomic mass is 16.5. The summed E-state index contributed by atoms with van der Waals surface area (Å²) >= 11 is 0. The number of aliphatic hydroxyl groups is 2. The number of aliphatic hydroxyl groups excluding tert-OH is 2. The molecule has 72 valence electrons. The fraction of sp³-hybridized carbons (Fsp3) is 0.600. The Bertz CT molecular complexity index is 276. The Labute approximate surface area is 77.3 Å². The molecule has 0 aromatic carbocycles. The summed E-state index contributed by atoms with van der Waals surface area (Å²) in [5.74, 6) is 0.233. The van der Waals surface area contributed by atoms with Gasteiger partial charge in [0.15, 0.2) is 5.76 Å². The molecule has 1 spiro atoms. The lowest BCUT2D eigenvalue weighted by Crippen LogP contribution is -2.25. The Morgan fingerprint density at radius 1 is 1.69 bits per heavy atom. The summed E-state index contributed by atoms with van der Waals surface area (Å²) in [6.45, 7) is 5.73. The Balaban J connectivity index is 2.30. The maximum atomic E-state index is 9.78. The van der Waals surface area contributed by atoms with E-state index in [0.29, 0.717) is 0 Å². The Morgan fingerprint density at radius 3 is 2.62 bits per heavy atom. The first-order chi connectivity index (χ1) is 6.10. The lowest BCUT2D eigenvalue weighted by molar-refractivity contribution is 0.111. The normalized spacial score (nSPS) is 37.8. The van der Waals surface area contributed by atoms with Gasteiger partial charge in [-0.2, -0.15) is 0 Å². The van der Waals surface area contributed by atoms with Crippen molar-refractivity contribution in [2.75, 3.05) is 0 Å². The first-order valence-electron chi connectivity index (χ1n) is 4.47. The molecule has 0 unspecified atom stereocenters. The van der Waals surface area contributed by atoms with E-state index in [0.717, 1.165) is 24.7 Å². The van der Waals surface area contributed by atoms with Gasteiger partial charge in [-0.15, -0.1) is 0 Å². The molecule has 2 atom stereocenters. The molecule has 0 amide bonds. The van der Waals surface area contributed by atoms with E-state index < -0.39 is 6.10 Å². The summed E-state index contributed by atoms with van der Waals surface area (Å²) in [4.78, 5) is 0. The van der Waals surface area contributed by atoms with Crippen LogP contribution in [0.1, 0.15) is 19.8 Å². The molecule has 13 heavy (non-hydrogen) atoms. The van der Waals surface area contributed by atoms with Crippen molar-refractivity contribution < 1.29 is 14.9 Å². The van der Waals surface area contributed by atoms with Crippen LogP contribution in [0.15, 0.2) is 24.2 Å². The molecule has 1 aliphatic carbocycles. The van der Waals surface area contributed by atoms with Crippen LogP contribution in [0.2, 0.25) is 0 Å². The van der Waals surface area contributed by atoms with Crippen molar-refractivity contribution in [2.45, 2.75) is 31.5 Å². The molecule has 3 heteroatoms. The molecule has 1 saturated heterocycles. The fourth-order valence-electron chi connectivity index (χ4n) is 2.17. The van der Waals surface area contributed by atoms with Crippen LogP contribution in [0, 0.1) is 5.92 Å². The summed E-state index contributed by atoms with van der Waals surface area (Å²) in [7, 11) is 0. The van der Waals surface area contributed by atoms with Gasteiger partial charge in [-0.05, 0) is 19.8 Å². The van der Waals surface area contributed by atoms with Gasteiger partial charge in [0.05, 0.1) is 5.92 Å². The molecule has 2 fully saturated rings. The molecule has 1 saturated carbocycles. The molecule has 1 aliphatic heterocycles. The summed E-state index contributed by atoms with van der Waals surface area (Å²) in [5.41, 5.74) is 0.668. The maximum Gasteiger partial charge on any atom is 0.160 e. The van der Waals surface area contributed by atoms with Gasteiger partial charge in [-0.3, -0.25) is 0 Å². The van der Waals surface area contributed by atoms with Gasteiger partial charge < -0.3 is 14.9 Å². The van der Waals surface area contributed by atoms with Gasteiger partial charge in [0.2, 0.25) is 0 Å². The standard InChI is InChI=1S/C10H14O3/c1-6(2)8-9(12)7(5-11)13-10(8)3-4-10/h5,8-9,11-12H,1,3-4H2,2H3/b7-5+/t8-,9-/m1/s1. The molecule has 0 aromatic heterocycles. The van der Waals surface area contributed by atoms with Crippen molar-refractivity contribution in [2.24, 2.45) is 5.92 Å². The van der Waals surface area contributed by atoms with Crippen molar-refractivity contribution in [1.29, 1.82) is 0 Å². The second-order valence-electron chi connectivity index (χ2n) is 3.97. The second kappa shape index (κ2) is 2.51. The van der Waals surface area contributed by atoms with E-state index in [2.05, 4.69) is 6.58 Å². The van der Waals surface area contributed by atoms with Crippen LogP contribution in [-0.2, 0) is 4.74 Å². The van der Waals surface area contributed by atoms with E-state index in [-0.39, 0.29) is 17.3 Å². The lowest BCUT2D eigenvalue weighted by atomic mass is 9.90. The minimum absolute atomic E-state index is 0.0501. The summed E-state index contributed by atoms with van der Waals surface area (Å²) in [6, 6.07) is 0. The average molecular weight is 182 g/mol. The zero-order valence-electron chi connectivity index (χ0n) is 7.66. The summed E-state index contributed by atoms with van der Waals surface area (Å²) in [5, 5.41) is 18.6. The topological polar surface area (TPSA) is 49.7 Å². The number of hydrogen-bond acceptors (Lipinski definition) is 3. The van der Waals surface area contributed by atoms with E-state index in [1.54, 1.807) is 0 Å². The largest absolute Gasteiger partial charge is 0.512 e. The molecule has 3 nitrogen and oxygen atoms in total. The molecular weight excluding hydrogens is 168 g/mol. The molecule has 2 rings (SSSR count). The second-order valence-corrected chi connectivity index (χ2v) is 3.97. The van der Waals surface area contributed by atoms with Crippen LogP contribution in [0.4, 0.5) is 0 Å². The number of ether oxygens (including phenoxy) is 1. The van der Waals surface area contributed by atoms with Gasteiger partial charge in [0.25, 0.3) is 0 Å². The molecular formula is C10H14O3. The monoisotopic (exact) mass is 182 g/mol. The first-order valence-corrected chi connectivity index (χ1v) is 4.47. The van der Waals surface area contributed by atoms with E-state index in [1.807, 2.05) is 6.92 Å². The molecule has 0 aromatic rings. The van der Waals surface area contributed by atoms with Crippen LogP contribution in [0.25, 0.3) is 0 Å². The third-order valence-electron chi connectivity index (χ3n) is 2.90. The number of rotatable bonds is 1. The minimum atomic E-state index is -0.718. The van der Waals surface area contributed by atoms with E-state index in [9.17, 15) is 5.11 Å². The molecule has 0 radical (unpaired) electrons. The zero-order chi connectivity index (χ0) is 9.64. The van der Waals surface area contributed by atoms with Crippen molar-refractivity contribution in [3.63, 3.8) is 0 Å². The quantitative estimate of drug-likeness (QED) is 0.477. The van der Waals surface area contributed by atoms with Gasteiger partial charge >= 0.3 is 0 Å². The third kappa shape index (κ3) is 1.07. The van der Waals surface area contributed by atoms with Crippen molar-refractivity contribution in [3.05, 3.63) is 24.2 Å². The average Bonchev–Trinajstić information content (AvgIpc) is 2.73. The van der Waals surface area contributed by atoms with Gasteiger partial charge in [-0.1, -0.05) is 12.2 Å². The highest BCUT2D eigenvalue weighted by Gasteiger charge is 2.61. The zero-order valence-corrected chi connectivity index (χ0v) is 7.66. The Hall–Kier alpha value is -0.960. The predicted octanol–water partition coefficient (Wildman–Crippen LogP) is 1.50. The van der Waals surface area contributed by atoms with E-state index >= 15 is 0 Å². The minimum Gasteiger partial charge on any atom is -0.512 e. The number of hydrogen-bond donors (Lipinski definition) is 2. The smallest absolute Gasteiger partial charge is 0.160 e. The summed E-state index contributed by atoms with van der Waals surface area (Å²) < 4.78 is 5.50. The summed E-state index contributed by atoms with van der Waals surface area (Å²) in [6.07, 6.45) is 2.02. The maximum absolute atomic E-state index is 9.78. The van der Waals surface area contributed by atoms with E-state index in [1.165, 1.54) is 0 Å². The first kappa shape index (κ1) is 8.63. The Morgan fingerprint density at radius 2 is 2.31 bits per heavy atom. The van der Waals surface area contributed by atoms with Crippen molar-refractivity contribution in [3.8, 4) is 0 Å². The van der Waals surface area contributed by atoms with E-state index in [4.69, 9.17) is 9.84 Å². The van der Waals surface area contributed by atoms with Gasteiger partial charge in [0.1, 0.15) is 18.0 Å². The Kier molecular flexibility index (Phi) is 1.67. The fourth-order valence-corrected chi connectivity index (χ4v) is 2.17. The van der Waals surface area contributed by atoms with Crippen LogP contribution >= 0.6 is 0 Å². The molecule has 2 aliphatic rings. The SMILES string of the molecule is C=C(C)[C@@H]1[C@H](O)/C(=C\O)OC12CC2. The molecule has 2 N–H and O–H groups in total. The van der Waals surface area contributed by atoms with Crippen molar-refractivity contribution >= 4 is 0 Å². The van der Waals surface area contributed by atoms with Crippen LogP contribution < -0.4 is 0 Å². The highest BCUT2D eigenvalue weighted by Crippen LogP contribution is 2.56. The van der Waals surface area contributed by atoms with Crippen LogP contribution in [0.5, 0.6) is 0 Å². The lowest BCUT2D eigenvalue weighted by Gasteiger charge is -2.17.